The molecule has 0 fully saturated rings. The highest BCUT2D eigenvalue weighted by Crippen LogP contribution is 2.39. The summed E-state index contributed by atoms with van der Waals surface area (Å²) in [4.78, 5) is 13.7. The number of H-pyrrole nitrogens is 1. The largest absolute Gasteiger partial charge is 0.451 e. The number of halogens is 6. The number of benzene rings is 1. The zero-order valence-electron chi connectivity index (χ0n) is 18.0. The summed E-state index contributed by atoms with van der Waals surface area (Å²) in [6, 6.07) is 2.88. The van der Waals surface area contributed by atoms with Crippen molar-refractivity contribution < 1.29 is 22.0 Å². The van der Waals surface area contributed by atoms with Crippen LogP contribution in [0.1, 0.15) is 36.5 Å². The van der Waals surface area contributed by atoms with Crippen molar-refractivity contribution in [2.45, 2.75) is 25.4 Å². The fourth-order valence-electron chi connectivity index (χ4n) is 3.31. The molecule has 35 heavy (non-hydrogen) atoms. The number of nitrogen functional groups attached to an aromatic ring is 1. The maximum atomic E-state index is 14.0. The van der Waals surface area contributed by atoms with Gasteiger partial charge in [0, 0.05) is 45.7 Å². The van der Waals surface area contributed by atoms with E-state index < -0.39 is 35.4 Å². The third-order valence-corrected chi connectivity index (χ3v) is 5.76. The predicted molar refractivity (Wildman–Crippen MR) is 125 cm³/mol. The molecule has 0 amide bonds. The molecule has 0 aliphatic heterocycles. The molecule has 1 atom stereocenters. The lowest BCUT2D eigenvalue weighted by Gasteiger charge is -2.14. The molecule has 3 rings (SSSR count). The third-order valence-electron chi connectivity index (χ3n) is 4.94. The van der Waals surface area contributed by atoms with Gasteiger partial charge >= 0.3 is 6.18 Å². The van der Waals surface area contributed by atoms with E-state index in [0.717, 1.165) is 24.5 Å². The van der Waals surface area contributed by atoms with Crippen LogP contribution in [-0.4, -0.2) is 32.7 Å². The number of hydrogen-bond donors (Lipinski definition) is 4. The van der Waals surface area contributed by atoms with Crippen LogP contribution in [0.2, 0.25) is 0 Å². The Balaban J connectivity index is 2.05. The minimum atomic E-state index is -4.72. The van der Waals surface area contributed by atoms with E-state index in [1.165, 1.54) is 6.21 Å². The first-order valence-corrected chi connectivity index (χ1v) is 10.7. The van der Waals surface area contributed by atoms with Crippen LogP contribution in [0.25, 0.3) is 11.1 Å². The Morgan fingerprint density at radius 3 is 2.43 bits per heavy atom. The highest BCUT2D eigenvalue weighted by Gasteiger charge is 2.35. The summed E-state index contributed by atoms with van der Waals surface area (Å²) in [5, 5.41) is 11.6. The van der Waals surface area contributed by atoms with Crippen molar-refractivity contribution in [1.82, 2.24) is 15.0 Å². The molecule has 1 unspecified atom stereocenters. The summed E-state index contributed by atoms with van der Waals surface area (Å²) >= 11 is 3.42. The number of alkyl halides is 3. The highest BCUT2D eigenvalue weighted by molar-refractivity contribution is 9.10. The number of amidine groups is 1. The van der Waals surface area contributed by atoms with Gasteiger partial charge in [-0.3, -0.25) is 10.4 Å². The molecule has 0 aliphatic rings. The average molecular weight is 557 g/mol. The van der Waals surface area contributed by atoms with Gasteiger partial charge < -0.3 is 16.6 Å². The molecule has 0 bridgehead atoms. The summed E-state index contributed by atoms with van der Waals surface area (Å²) in [5.41, 5.74) is 6.73. The Kier molecular flexibility index (Phi) is 7.63. The molecule has 6 N–H and O–H groups in total. The summed E-state index contributed by atoms with van der Waals surface area (Å²) in [6.45, 7) is 1.80. The molecule has 2 aromatic heterocycles. The van der Waals surface area contributed by atoms with E-state index >= 15 is 0 Å². The first kappa shape index (κ1) is 25.9. The van der Waals surface area contributed by atoms with Crippen LogP contribution in [0.4, 0.5) is 27.6 Å². The molecule has 184 valence electrons. The number of aliphatic imine (C=N–C) groups is 1. The Morgan fingerprint density at radius 2 is 1.91 bits per heavy atom. The van der Waals surface area contributed by atoms with E-state index in [9.17, 15) is 22.0 Å². The van der Waals surface area contributed by atoms with Gasteiger partial charge in [-0.25, -0.2) is 18.7 Å². The maximum absolute atomic E-state index is 14.0. The Bertz CT molecular complexity index is 1300. The molecular formula is C21H18BrF5N8. The zero-order chi connectivity index (χ0) is 25.9. The van der Waals surface area contributed by atoms with Gasteiger partial charge in [0.05, 0.1) is 23.3 Å². The minimum absolute atomic E-state index is 0.103. The van der Waals surface area contributed by atoms with Gasteiger partial charge in [-0.05, 0) is 34.5 Å². The first-order valence-electron chi connectivity index (χ1n) is 9.90. The molecule has 0 radical (unpaired) electrons. The summed E-state index contributed by atoms with van der Waals surface area (Å²) in [6.07, 6.45) is -1.17. The van der Waals surface area contributed by atoms with Gasteiger partial charge in [-0.15, -0.1) is 0 Å². The Labute approximate surface area is 204 Å². The molecule has 1 aromatic carbocycles. The Morgan fingerprint density at radius 1 is 1.26 bits per heavy atom. The fourth-order valence-corrected chi connectivity index (χ4v) is 4.11. The van der Waals surface area contributed by atoms with Crippen molar-refractivity contribution in [1.29, 1.82) is 5.41 Å². The van der Waals surface area contributed by atoms with Crippen molar-refractivity contribution in [3.05, 3.63) is 63.9 Å². The second-order valence-corrected chi connectivity index (χ2v) is 7.97. The van der Waals surface area contributed by atoms with Crippen molar-refractivity contribution in [2.75, 3.05) is 0 Å². The number of rotatable bonds is 7. The topological polar surface area (TPSA) is 142 Å². The monoisotopic (exact) mass is 556 g/mol. The first-order chi connectivity index (χ1) is 16.5. The number of nitrogens with two attached hydrogens (primary N) is 2. The molecule has 3 aromatic rings. The van der Waals surface area contributed by atoms with E-state index in [-0.39, 0.29) is 28.2 Å². The van der Waals surface area contributed by atoms with Crippen molar-refractivity contribution in [3.63, 3.8) is 0 Å². The molecule has 0 spiro atoms. The number of hydrogen-bond acceptors (Lipinski definition) is 6. The van der Waals surface area contributed by atoms with Gasteiger partial charge in [0.2, 0.25) is 5.82 Å². The number of nitrogens with one attached hydrogen (secondary N) is 2. The quantitative estimate of drug-likeness (QED) is 0.106. The van der Waals surface area contributed by atoms with Gasteiger partial charge in [-0.1, -0.05) is 6.92 Å². The Hall–Kier alpha value is -3.68. The molecule has 0 aliphatic carbocycles. The van der Waals surface area contributed by atoms with Gasteiger partial charge in [0.1, 0.15) is 11.7 Å². The molecular weight excluding hydrogens is 539 g/mol. The van der Waals surface area contributed by atoms with Gasteiger partial charge in [0.15, 0.2) is 5.82 Å². The normalized spacial score (nSPS) is 13.4. The lowest BCUT2D eigenvalue weighted by Crippen LogP contribution is -2.17. The van der Waals surface area contributed by atoms with E-state index in [1.54, 1.807) is 6.92 Å². The molecule has 2 heterocycles. The van der Waals surface area contributed by atoms with Crippen LogP contribution in [0, 0.1) is 17.0 Å². The van der Waals surface area contributed by atoms with E-state index in [1.807, 2.05) is 0 Å². The molecule has 0 saturated heterocycles. The van der Waals surface area contributed by atoms with Crippen LogP contribution in [0.15, 0.2) is 45.2 Å². The number of aromatic amines is 1. The van der Waals surface area contributed by atoms with E-state index in [2.05, 4.69) is 41.0 Å². The highest BCUT2D eigenvalue weighted by atomic mass is 79.9. The van der Waals surface area contributed by atoms with Gasteiger partial charge in [-0.2, -0.15) is 18.3 Å². The van der Waals surface area contributed by atoms with Crippen LogP contribution in [-0.2, 0) is 6.18 Å². The summed E-state index contributed by atoms with van der Waals surface area (Å²) < 4.78 is 66.0. The van der Waals surface area contributed by atoms with Crippen molar-refractivity contribution in [3.8, 4) is 11.1 Å². The maximum Gasteiger partial charge on any atom is 0.451 e. The second-order valence-electron chi connectivity index (χ2n) is 7.18. The third kappa shape index (κ3) is 5.53. The lowest BCUT2D eigenvalue weighted by atomic mass is 9.96. The van der Waals surface area contributed by atoms with Crippen LogP contribution in [0.5, 0.6) is 0 Å². The lowest BCUT2D eigenvalue weighted by molar-refractivity contribution is -0.144. The van der Waals surface area contributed by atoms with Gasteiger partial charge in [0.25, 0.3) is 0 Å². The fraction of sp³-hybridized carbons (Fsp3) is 0.190. The number of nitrogens with zero attached hydrogens (tertiary/aromatic N) is 4. The van der Waals surface area contributed by atoms with Crippen LogP contribution in [0.3, 0.4) is 0 Å². The standard InChI is InChI=1S/C21H18BrF5N8/c1-2-11(14(35-30)8-31-13-4-3-10(23)5-12(13)24)17-16(22)15(18(34-17)19(28)29)9-6-32-20(33-7-9)21(25,26)27/h3-8,11,34H,2,30H2,1H3,(H3,28,29). The van der Waals surface area contributed by atoms with E-state index in [0.29, 0.717) is 22.7 Å². The van der Waals surface area contributed by atoms with E-state index in [4.69, 9.17) is 17.0 Å². The smallest absolute Gasteiger partial charge is 0.382 e. The summed E-state index contributed by atoms with van der Waals surface area (Å²) in [7, 11) is 0. The number of hydrazone groups is 1. The zero-order valence-corrected chi connectivity index (χ0v) is 19.5. The molecule has 8 nitrogen and oxygen atoms in total. The van der Waals surface area contributed by atoms with Crippen molar-refractivity contribution >= 4 is 39.4 Å². The molecule has 14 heteroatoms. The van der Waals surface area contributed by atoms with Crippen LogP contribution < -0.4 is 11.6 Å². The number of aromatic nitrogens is 3. The van der Waals surface area contributed by atoms with Crippen molar-refractivity contribution in [2.24, 2.45) is 21.7 Å². The second kappa shape index (κ2) is 10.3. The summed E-state index contributed by atoms with van der Waals surface area (Å²) in [5.74, 6) is 1.63. The minimum Gasteiger partial charge on any atom is -0.382 e. The molecule has 0 saturated carbocycles. The van der Waals surface area contributed by atoms with Crippen LogP contribution >= 0.6 is 15.9 Å². The average Bonchev–Trinajstić information content (AvgIpc) is 3.14. The predicted octanol–water partition coefficient (Wildman–Crippen LogP) is 5.03. The SMILES string of the molecule is CCC(C(C=Nc1ccc(F)cc1F)=NN)c1[nH]c(C(=N)N)c(-c2cnc(C(F)(F)F)nc2)c1Br.